The lowest BCUT2D eigenvalue weighted by atomic mass is 9.98. The van der Waals surface area contributed by atoms with E-state index in [2.05, 4.69) is 0 Å². The Balaban J connectivity index is 1.67. The molecule has 0 amide bonds. The maximum absolute atomic E-state index is 13.1. The molecule has 0 aromatic heterocycles. The predicted octanol–water partition coefficient (Wildman–Crippen LogP) is 2.90. The molecule has 0 radical (unpaired) electrons. The molecule has 1 spiro atoms. The molecule has 2 aromatic carbocycles. The van der Waals surface area contributed by atoms with Crippen molar-refractivity contribution >= 4 is 17.4 Å². The molecule has 6 nitrogen and oxygen atoms in total. The van der Waals surface area contributed by atoms with E-state index in [0.717, 1.165) is 0 Å². The van der Waals surface area contributed by atoms with Crippen molar-refractivity contribution in [3.05, 3.63) is 72.3 Å². The highest BCUT2D eigenvalue weighted by Crippen LogP contribution is 2.40. The summed E-state index contributed by atoms with van der Waals surface area (Å²) in [6.07, 6.45) is 3.10. The molecule has 132 valence electrons. The van der Waals surface area contributed by atoms with Crippen LogP contribution in [-0.2, 0) is 14.4 Å². The molecular weight excluding hydrogens is 334 g/mol. The van der Waals surface area contributed by atoms with Gasteiger partial charge in [0.2, 0.25) is 0 Å². The summed E-state index contributed by atoms with van der Waals surface area (Å²) in [7, 11) is 1.57. The van der Waals surface area contributed by atoms with Crippen LogP contribution in [-0.4, -0.2) is 30.7 Å². The Kier molecular flexibility index (Phi) is 3.97. The quantitative estimate of drug-likeness (QED) is 0.623. The number of hydroxylamine groups is 1. The van der Waals surface area contributed by atoms with Gasteiger partial charge in [0.25, 0.3) is 5.79 Å². The second-order valence-electron chi connectivity index (χ2n) is 6.13. The van der Waals surface area contributed by atoms with E-state index in [4.69, 9.17) is 14.3 Å². The third-order valence-corrected chi connectivity index (χ3v) is 4.45. The molecule has 2 aliphatic heterocycles. The second kappa shape index (κ2) is 6.31. The fraction of sp³-hybridized carbons (Fsp3) is 0.200. The molecule has 2 atom stereocenters. The van der Waals surface area contributed by atoms with Gasteiger partial charge in [-0.25, -0.2) is 14.7 Å². The number of ketones is 1. The first kappa shape index (κ1) is 16.4. The fourth-order valence-electron chi connectivity index (χ4n) is 3.17. The molecule has 0 N–H and O–H groups in total. The summed E-state index contributed by atoms with van der Waals surface area (Å²) in [5.41, 5.74) is 1.25. The summed E-state index contributed by atoms with van der Waals surface area (Å²) in [6, 6.07) is 15.6. The van der Waals surface area contributed by atoms with Crippen LogP contribution in [0.4, 0.5) is 5.69 Å². The zero-order valence-electron chi connectivity index (χ0n) is 14.1. The van der Waals surface area contributed by atoms with Crippen LogP contribution in [0.1, 0.15) is 16.8 Å². The molecule has 0 saturated carbocycles. The van der Waals surface area contributed by atoms with Gasteiger partial charge in [0.15, 0.2) is 5.78 Å². The number of Topliss-reactive ketones (excluding diaryl/α,β-unsaturated/α-hetero) is 1. The molecule has 26 heavy (non-hydrogen) atoms. The largest absolute Gasteiger partial charge is 0.497 e. The number of benzene rings is 2. The lowest BCUT2D eigenvalue weighted by Gasteiger charge is -2.24. The topological polar surface area (TPSA) is 65.1 Å². The normalized spacial score (nSPS) is 24.1. The van der Waals surface area contributed by atoms with Crippen LogP contribution in [0.25, 0.3) is 0 Å². The summed E-state index contributed by atoms with van der Waals surface area (Å²) in [6.45, 7) is 0. The van der Waals surface area contributed by atoms with Crippen LogP contribution in [0.5, 0.6) is 5.75 Å². The highest BCUT2D eigenvalue weighted by atomic mass is 16.8. The second-order valence-corrected chi connectivity index (χ2v) is 6.13. The molecular formula is C20H17NO5. The lowest BCUT2D eigenvalue weighted by Crippen LogP contribution is -2.35. The van der Waals surface area contributed by atoms with Gasteiger partial charge in [-0.15, -0.1) is 0 Å². The van der Waals surface area contributed by atoms with E-state index in [1.165, 1.54) is 11.1 Å². The zero-order chi connectivity index (χ0) is 18.1. The van der Waals surface area contributed by atoms with Crippen molar-refractivity contribution < 1.29 is 23.9 Å². The Morgan fingerprint density at radius 2 is 1.88 bits per heavy atom. The van der Waals surface area contributed by atoms with Gasteiger partial charge in [-0.1, -0.05) is 18.2 Å². The van der Waals surface area contributed by atoms with Crippen molar-refractivity contribution in [1.82, 2.24) is 0 Å². The number of esters is 1. The number of ether oxygens (including phenoxy) is 2. The number of carbonyl (C=O) groups excluding carboxylic acids is 2. The van der Waals surface area contributed by atoms with E-state index >= 15 is 0 Å². The highest BCUT2D eigenvalue weighted by Gasteiger charge is 2.52. The van der Waals surface area contributed by atoms with Gasteiger partial charge in [-0.05, 0) is 42.5 Å². The molecule has 0 bridgehead atoms. The number of para-hydroxylation sites is 1. The molecule has 4 rings (SSSR count). The molecule has 6 heteroatoms. The van der Waals surface area contributed by atoms with Crippen LogP contribution >= 0.6 is 0 Å². The first-order valence-corrected chi connectivity index (χ1v) is 8.24. The van der Waals surface area contributed by atoms with Gasteiger partial charge < -0.3 is 9.47 Å². The highest BCUT2D eigenvalue weighted by molar-refractivity contribution is 6.02. The standard InChI is InChI=1S/C20H17NO5/c1-24-16-9-7-14(8-10-16)19(23)17-13-20(12-11-18(22)25-20)26-21(17)15-5-3-2-4-6-15/h2-12,17H,13H2,1H3/t17-,20+/m1/s1. The molecule has 1 saturated heterocycles. The van der Waals surface area contributed by atoms with Crippen LogP contribution in [0.3, 0.4) is 0 Å². The van der Waals surface area contributed by atoms with Crippen molar-refractivity contribution in [3.63, 3.8) is 0 Å². The maximum Gasteiger partial charge on any atom is 0.333 e. The van der Waals surface area contributed by atoms with Gasteiger partial charge in [0.05, 0.1) is 12.8 Å². The SMILES string of the molecule is COc1ccc(C(=O)[C@H]2C[C@]3(C=CC(=O)O3)ON2c2ccccc2)cc1. The van der Waals surface area contributed by atoms with E-state index < -0.39 is 17.8 Å². The van der Waals surface area contributed by atoms with Crippen LogP contribution < -0.4 is 9.80 Å². The van der Waals surface area contributed by atoms with E-state index in [0.29, 0.717) is 17.0 Å². The van der Waals surface area contributed by atoms with Crippen LogP contribution in [0, 0.1) is 0 Å². The summed E-state index contributed by atoms with van der Waals surface area (Å²) in [4.78, 5) is 30.6. The first-order chi connectivity index (χ1) is 12.6. The number of carbonyl (C=O) groups is 2. The first-order valence-electron chi connectivity index (χ1n) is 8.24. The smallest absolute Gasteiger partial charge is 0.333 e. The summed E-state index contributed by atoms with van der Waals surface area (Å²) in [5.74, 6) is -1.16. The van der Waals surface area contributed by atoms with E-state index in [1.807, 2.05) is 30.3 Å². The Labute approximate surface area is 150 Å². The van der Waals surface area contributed by atoms with Gasteiger partial charge >= 0.3 is 5.97 Å². The Morgan fingerprint density at radius 1 is 1.15 bits per heavy atom. The van der Waals surface area contributed by atoms with Crippen molar-refractivity contribution in [2.24, 2.45) is 0 Å². The number of hydrogen-bond acceptors (Lipinski definition) is 6. The molecule has 2 heterocycles. The fourth-order valence-corrected chi connectivity index (χ4v) is 3.17. The predicted molar refractivity (Wildman–Crippen MR) is 93.7 cm³/mol. The van der Waals surface area contributed by atoms with Crippen molar-refractivity contribution in [2.75, 3.05) is 12.2 Å². The number of rotatable bonds is 4. The molecule has 0 unspecified atom stereocenters. The summed E-state index contributed by atoms with van der Waals surface area (Å²) < 4.78 is 10.5. The summed E-state index contributed by atoms with van der Waals surface area (Å²) in [5, 5.41) is 1.52. The zero-order valence-corrected chi connectivity index (χ0v) is 14.1. The van der Waals surface area contributed by atoms with Crippen LogP contribution in [0.2, 0.25) is 0 Å². The Morgan fingerprint density at radius 3 is 2.50 bits per heavy atom. The maximum atomic E-state index is 13.1. The Bertz CT molecular complexity index is 862. The monoisotopic (exact) mass is 351 g/mol. The molecule has 1 fully saturated rings. The van der Waals surface area contributed by atoms with Gasteiger partial charge in [-0.3, -0.25) is 4.79 Å². The summed E-state index contributed by atoms with van der Waals surface area (Å²) >= 11 is 0. The van der Waals surface area contributed by atoms with Crippen LogP contribution in [0.15, 0.2) is 66.7 Å². The lowest BCUT2D eigenvalue weighted by molar-refractivity contribution is -0.184. The number of nitrogens with zero attached hydrogens (tertiary/aromatic N) is 1. The van der Waals surface area contributed by atoms with Crippen molar-refractivity contribution in [3.8, 4) is 5.75 Å². The number of hydrogen-bond donors (Lipinski definition) is 0. The Hall–Kier alpha value is -3.12. The van der Waals surface area contributed by atoms with Gasteiger partial charge in [-0.2, -0.15) is 0 Å². The minimum absolute atomic E-state index is 0.121. The third-order valence-electron chi connectivity index (χ3n) is 4.45. The van der Waals surface area contributed by atoms with E-state index in [9.17, 15) is 9.59 Å². The van der Waals surface area contributed by atoms with E-state index in [1.54, 1.807) is 37.5 Å². The molecule has 2 aliphatic rings. The van der Waals surface area contributed by atoms with E-state index in [-0.39, 0.29) is 12.2 Å². The molecule has 0 aliphatic carbocycles. The van der Waals surface area contributed by atoms with Gasteiger partial charge in [0.1, 0.15) is 11.8 Å². The number of methoxy groups -OCH3 is 1. The number of anilines is 1. The minimum Gasteiger partial charge on any atom is -0.497 e. The average molecular weight is 351 g/mol. The minimum atomic E-state index is -1.24. The van der Waals surface area contributed by atoms with Crippen molar-refractivity contribution in [2.45, 2.75) is 18.2 Å². The van der Waals surface area contributed by atoms with Gasteiger partial charge in [0, 0.05) is 18.1 Å². The molecule has 2 aromatic rings. The average Bonchev–Trinajstić information content (AvgIpc) is 3.24. The third kappa shape index (κ3) is 2.84. The van der Waals surface area contributed by atoms with Crippen molar-refractivity contribution in [1.29, 1.82) is 0 Å².